The molecule has 0 radical (unpaired) electrons. The molecule has 2 nitrogen and oxygen atoms in total. The Morgan fingerprint density at radius 2 is 2.22 bits per heavy atom. The lowest BCUT2D eigenvalue weighted by molar-refractivity contribution is 0.883. The predicted octanol–water partition coefficient (Wildman–Crippen LogP) is 1.38. The van der Waals surface area contributed by atoms with Crippen LogP contribution >= 0.6 is 0 Å². The monoisotopic (exact) mass is 124 g/mol. The fourth-order valence-corrected chi connectivity index (χ4v) is 0.811. The van der Waals surface area contributed by atoms with Crippen LogP contribution in [0.25, 0.3) is 0 Å². The van der Waals surface area contributed by atoms with Crippen LogP contribution < -0.4 is 5.32 Å². The molecular formula is C7H12N2. The van der Waals surface area contributed by atoms with Crippen molar-refractivity contribution in [3.8, 4) is 0 Å². The summed E-state index contributed by atoms with van der Waals surface area (Å²) in [4.78, 5) is 0. The number of anilines is 1. The van der Waals surface area contributed by atoms with Crippen LogP contribution in [0, 0.1) is 6.92 Å². The summed E-state index contributed by atoms with van der Waals surface area (Å²) in [5, 5.41) is 3.07. The normalized spacial score (nSPS) is 9.67. The molecule has 0 unspecified atom stereocenters. The first-order valence-electron chi connectivity index (χ1n) is 3.05. The molecule has 1 heterocycles. The van der Waals surface area contributed by atoms with E-state index < -0.39 is 0 Å². The molecule has 0 amide bonds. The molecule has 0 bridgehead atoms. The second kappa shape index (κ2) is 2.13. The van der Waals surface area contributed by atoms with Crippen LogP contribution in [0.15, 0.2) is 12.3 Å². The number of rotatable bonds is 1. The molecule has 1 aromatic rings. The highest BCUT2D eigenvalue weighted by molar-refractivity contribution is 5.42. The molecule has 1 rings (SSSR count). The summed E-state index contributed by atoms with van der Waals surface area (Å²) in [5.41, 5.74) is 2.45. The smallest absolute Gasteiger partial charge is 0.0519 e. The van der Waals surface area contributed by atoms with E-state index >= 15 is 0 Å². The third-order valence-electron chi connectivity index (χ3n) is 1.54. The average Bonchev–Trinajstić information content (AvgIpc) is 2.13. The summed E-state index contributed by atoms with van der Waals surface area (Å²) in [6, 6.07) is 2.11. The Bertz CT molecular complexity index is 181. The fourth-order valence-electron chi connectivity index (χ4n) is 0.811. The van der Waals surface area contributed by atoms with Gasteiger partial charge < -0.3 is 9.88 Å². The van der Waals surface area contributed by atoms with Crippen LogP contribution in [0.3, 0.4) is 0 Å². The SMILES string of the molecule is CNc1cc(C)n(C)c1. The van der Waals surface area contributed by atoms with Gasteiger partial charge in [-0.3, -0.25) is 0 Å². The Kier molecular flexibility index (Phi) is 1.47. The summed E-state index contributed by atoms with van der Waals surface area (Å²) in [6.07, 6.45) is 2.06. The second-order valence-electron chi connectivity index (χ2n) is 2.23. The number of nitrogens with zero attached hydrogens (tertiary/aromatic N) is 1. The first-order chi connectivity index (χ1) is 4.24. The quantitative estimate of drug-likeness (QED) is 0.598. The number of aryl methyl sites for hydroxylation is 2. The standard InChI is InChI=1S/C7H12N2/c1-6-4-7(8-2)5-9(6)3/h4-5,8H,1-3H3. The van der Waals surface area contributed by atoms with Gasteiger partial charge in [0.25, 0.3) is 0 Å². The Labute approximate surface area is 55.5 Å². The third-order valence-corrected chi connectivity index (χ3v) is 1.54. The van der Waals surface area contributed by atoms with Gasteiger partial charge in [0.1, 0.15) is 0 Å². The van der Waals surface area contributed by atoms with E-state index in [1.54, 1.807) is 0 Å². The maximum Gasteiger partial charge on any atom is 0.0519 e. The van der Waals surface area contributed by atoms with Gasteiger partial charge in [-0.2, -0.15) is 0 Å². The topological polar surface area (TPSA) is 17.0 Å². The van der Waals surface area contributed by atoms with Crippen molar-refractivity contribution < 1.29 is 0 Å². The van der Waals surface area contributed by atoms with E-state index in [-0.39, 0.29) is 0 Å². The van der Waals surface area contributed by atoms with Crippen molar-refractivity contribution in [2.75, 3.05) is 12.4 Å². The van der Waals surface area contributed by atoms with Crippen molar-refractivity contribution in [2.45, 2.75) is 6.92 Å². The summed E-state index contributed by atoms with van der Waals surface area (Å²) < 4.78 is 2.09. The first kappa shape index (κ1) is 6.20. The number of aromatic nitrogens is 1. The molecule has 50 valence electrons. The number of hydrogen-bond donors (Lipinski definition) is 1. The van der Waals surface area contributed by atoms with E-state index in [1.807, 2.05) is 14.1 Å². The number of hydrogen-bond acceptors (Lipinski definition) is 1. The lowest BCUT2D eigenvalue weighted by Crippen LogP contribution is -1.86. The highest BCUT2D eigenvalue weighted by Crippen LogP contribution is 2.09. The van der Waals surface area contributed by atoms with Crippen molar-refractivity contribution >= 4 is 5.69 Å². The Hall–Kier alpha value is -0.920. The molecule has 0 aliphatic rings. The molecule has 1 N–H and O–H groups in total. The third kappa shape index (κ3) is 1.07. The Balaban J connectivity index is 2.98. The van der Waals surface area contributed by atoms with Gasteiger partial charge in [-0.1, -0.05) is 0 Å². The van der Waals surface area contributed by atoms with Crippen LogP contribution in [-0.4, -0.2) is 11.6 Å². The zero-order chi connectivity index (χ0) is 6.85. The zero-order valence-electron chi connectivity index (χ0n) is 6.10. The molecule has 9 heavy (non-hydrogen) atoms. The van der Waals surface area contributed by atoms with Crippen LogP contribution in [0.4, 0.5) is 5.69 Å². The molecule has 0 saturated heterocycles. The lowest BCUT2D eigenvalue weighted by atomic mass is 10.4. The lowest BCUT2D eigenvalue weighted by Gasteiger charge is -1.90. The van der Waals surface area contributed by atoms with E-state index in [0.29, 0.717) is 0 Å². The molecule has 1 aromatic heterocycles. The summed E-state index contributed by atoms with van der Waals surface area (Å²) in [5.74, 6) is 0. The fraction of sp³-hybridized carbons (Fsp3) is 0.429. The van der Waals surface area contributed by atoms with E-state index in [9.17, 15) is 0 Å². The molecule has 2 heteroatoms. The van der Waals surface area contributed by atoms with Gasteiger partial charge in [-0.15, -0.1) is 0 Å². The van der Waals surface area contributed by atoms with E-state index in [0.717, 1.165) is 0 Å². The molecule has 0 saturated carbocycles. The van der Waals surface area contributed by atoms with Gasteiger partial charge >= 0.3 is 0 Å². The first-order valence-corrected chi connectivity index (χ1v) is 3.05. The predicted molar refractivity (Wildman–Crippen MR) is 39.7 cm³/mol. The van der Waals surface area contributed by atoms with Crippen LogP contribution in [0.1, 0.15) is 5.69 Å². The van der Waals surface area contributed by atoms with Gasteiger partial charge in [0.15, 0.2) is 0 Å². The van der Waals surface area contributed by atoms with Crippen LogP contribution in [-0.2, 0) is 7.05 Å². The largest absolute Gasteiger partial charge is 0.387 e. The minimum Gasteiger partial charge on any atom is -0.387 e. The second-order valence-corrected chi connectivity index (χ2v) is 2.23. The van der Waals surface area contributed by atoms with Gasteiger partial charge in [0, 0.05) is 26.0 Å². The minimum absolute atomic E-state index is 1.18. The molecule has 0 aromatic carbocycles. The minimum atomic E-state index is 1.18. The number of nitrogens with one attached hydrogen (secondary N) is 1. The van der Waals surface area contributed by atoms with Gasteiger partial charge in [-0.05, 0) is 13.0 Å². The molecule has 0 atom stereocenters. The molecule has 0 aliphatic heterocycles. The van der Waals surface area contributed by atoms with Crippen LogP contribution in [0.2, 0.25) is 0 Å². The Morgan fingerprint density at radius 1 is 1.56 bits per heavy atom. The van der Waals surface area contributed by atoms with Gasteiger partial charge in [0.05, 0.1) is 5.69 Å². The maximum atomic E-state index is 3.07. The maximum absolute atomic E-state index is 3.07. The molecular weight excluding hydrogens is 112 g/mol. The average molecular weight is 124 g/mol. The molecule has 0 spiro atoms. The van der Waals surface area contributed by atoms with Crippen molar-refractivity contribution in [2.24, 2.45) is 7.05 Å². The highest BCUT2D eigenvalue weighted by Gasteiger charge is 1.93. The van der Waals surface area contributed by atoms with Gasteiger partial charge in [-0.25, -0.2) is 0 Å². The molecule has 0 aliphatic carbocycles. The van der Waals surface area contributed by atoms with Crippen molar-refractivity contribution in [1.82, 2.24) is 4.57 Å². The summed E-state index contributed by atoms with van der Waals surface area (Å²) >= 11 is 0. The highest BCUT2D eigenvalue weighted by atomic mass is 15.0. The van der Waals surface area contributed by atoms with Gasteiger partial charge in [0.2, 0.25) is 0 Å². The zero-order valence-corrected chi connectivity index (χ0v) is 6.10. The summed E-state index contributed by atoms with van der Waals surface area (Å²) in [6.45, 7) is 2.08. The summed E-state index contributed by atoms with van der Waals surface area (Å²) in [7, 11) is 3.96. The van der Waals surface area contributed by atoms with Crippen LogP contribution in [0.5, 0.6) is 0 Å². The van der Waals surface area contributed by atoms with E-state index in [4.69, 9.17) is 0 Å². The molecule has 0 fully saturated rings. The Morgan fingerprint density at radius 3 is 2.44 bits per heavy atom. The van der Waals surface area contributed by atoms with Crippen molar-refractivity contribution in [3.63, 3.8) is 0 Å². The van der Waals surface area contributed by atoms with Crippen molar-refractivity contribution in [1.29, 1.82) is 0 Å². The van der Waals surface area contributed by atoms with Crippen molar-refractivity contribution in [3.05, 3.63) is 18.0 Å². The van der Waals surface area contributed by atoms with E-state index in [2.05, 4.69) is 29.1 Å². The van der Waals surface area contributed by atoms with E-state index in [1.165, 1.54) is 11.4 Å².